The molecule has 0 fully saturated rings. The SMILES string of the molecule is CCCN(CCC)S(=O)(=O)c1ccc(N(C(=O)O)c2ccc([N+](=O)[O-])cc2)cc1. The number of nitro groups is 1. The third-order valence-electron chi connectivity index (χ3n) is 4.19. The summed E-state index contributed by atoms with van der Waals surface area (Å²) in [5, 5.41) is 20.4. The number of sulfonamides is 1. The van der Waals surface area contributed by atoms with Gasteiger partial charge in [0.05, 0.1) is 21.2 Å². The maximum Gasteiger partial charge on any atom is 0.416 e. The molecule has 1 amide bonds. The molecule has 0 bridgehead atoms. The van der Waals surface area contributed by atoms with Gasteiger partial charge >= 0.3 is 6.09 Å². The molecule has 0 unspecified atom stereocenters. The summed E-state index contributed by atoms with van der Waals surface area (Å²) in [6.45, 7) is 4.61. The minimum atomic E-state index is -3.68. The summed E-state index contributed by atoms with van der Waals surface area (Å²) in [5.74, 6) is 0. The highest BCUT2D eigenvalue weighted by Crippen LogP contribution is 2.29. The number of rotatable bonds is 9. The van der Waals surface area contributed by atoms with Crippen LogP contribution in [0.4, 0.5) is 21.9 Å². The molecule has 0 aromatic heterocycles. The van der Waals surface area contributed by atoms with Crippen LogP contribution in [0.15, 0.2) is 53.4 Å². The Kier molecular flexibility index (Phi) is 7.29. The quantitative estimate of drug-likeness (QED) is 0.478. The lowest BCUT2D eigenvalue weighted by atomic mass is 10.2. The second kappa shape index (κ2) is 9.48. The van der Waals surface area contributed by atoms with Crippen LogP contribution in [0.3, 0.4) is 0 Å². The van der Waals surface area contributed by atoms with E-state index >= 15 is 0 Å². The number of anilines is 2. The molecule has 0 heterocycles. The van der Waals surface area contributed by atoms with Gasteiger partial charge in [0.25, 0.3) is 5.69 Å². The third kappa shape index (κ3) is 5.09. The highest BCUT2D eigenvalue weighted by molar-refractivity contribution is 7.89. The van der Waals surface area contributed by atoms with Gasteiger partial charge in [-0.2, -0.15) is 4.31 Å². The Morgan fingerprint density at radius 3 is 1.79 bits per heavy atom. The lowest BCUT2D eigenvalue weighted by Gasteiger charge is -2.22. The summed E-state index contributed by atoms with van der Waals surface area (Å²) in [4.78, 5) is 23.0. The smallest absolute Gasteiger partial charge is 0.416 e. The number of non-ortho nitro benzene ring substituents is 1. The van der Waals surface area contributed by atoms with E-state index in [9.17, 15) is 28.4 Å². The van der Waals surface area contributed by atoms with Crippen molar-refractivity contribution in [2.24, 2.45) is 0 Å². The normalized spacial score (nSPS) is 11.4. The van der Waals surface area contributed by atoms with E-state index in [2.05, 4.69) is 0 Å². The lowest BCUT2D eigenvalue weighted by Crippen LogP contribution is -2.32. The van der Waals surface area contributed by atoms with Gasteiger partial charge in [0, 0.05) is 25.2 Å². The van der Waals surface area contributed by atoms with Gasteiger partial charge in [-0.3, -0.25) is 10.1 Å². The van der Waals surface area contributed by atoms with Crippen molar-refractivity contribution in [3.05, 3.63) is 58.6 Å². The largest absolute Gasteiger partial charge is 0.464 e. The molecule has 0 saturated carbocycles. The topological polar surface area (TPSA) is 121 Å². The van der Waals surface area contributed by atoms with Crippen LogP contribution >= 0.6 is 0 Å². The minimum Gasteiger partial charge on any atom is -0.464 e. The number of nitro benzene ring substituents is 1. The van der Waals surface area contributed by atoms with E-state index in [-0.39, 0.29) is 22.0 Å². The first kappa shape index (κ1) is 22.3. The summed E-state index contributed by atoms with van der Waals surface area (Å²) < 4.78 is 27.1. The molecule has 2 aromatic rings. The third-order valence-corrected chi connectivity index (χ3v) is 6.10. The number of benzene rings is 2. The van der Waals surface area contributed by atoms with E-state index in [4.69, 9.17) is 0 Å². The monoisotopic (exact) mass is 421 g/mol. The average molecular weight is 421 g/mol. The fourth-order valence-corrected chi connectivity index (χ4v) is 4.48. The summed E-state index contributed by atoms with van der Waals surface area (Å²) in [6.07, 6.45) is 0.0714. The van der Waals surface area contributed by atoms with E-state index in [1.165, 1.54) is 52.8 Å². The van der Waals surface area contributed by atoms with Crippen LogP contribution in [0.5, 0.6) is 0 Å². The van der Waals surface area contributed by atoms with Gasteiger partial charge in [0.2, 0.25) is 10.0 Å². The van der Waals surface area contributed by atoms with Crippen LogP contribution < -0.4 is 4.90 Å². The molecule has 0 aliphatic carbocycles. The van der Waals surface area contributed by atoms with Crippen molar-refractivity contribution >= 4 is 33.2 Å². The molecule has 2 rings (SSSR count). The van der Waals surface area contributed by atoms with Gasteiger partial charge in [0.1, 0.15) is 0 Å². The lowest BCUT2D eigenvalue weighted by molar-refractivity contribution is -0.384. The van der Waals surface area contributed by atoms with Crippen molar-refractivity contribution in [2.45, 2.75) is 31.6 Å². The molecular weight excluding hydrogens is 398 g/mol. The van der Waals surface area contributed by atoms with Crippen molar-refractivity contribution < 1.29 is 23.2 Å². The Bertz CT molecular complexity index is 952. The van der Waals surface area contributed by atoms with Gasteiger partial charge in [-0.05, 0) is 49.2 Å². The van der Waals surface area contributed by atoms with Crippen LogP contribution in [0, 0.1) is 10.1 Å². The molecule has 0 radical (unpaired) electrons. The Morgan fingerprint density at radius 1 is 0.966 bits per heavy atom. The Morgan fingerprint density at radius 2 is 1.41 bits per heavy atom. The molecule has 9 nitrogen and oxygen atoms in total. The summed E-state index contributed by atoms with van der Waals surface area (Å²) >= 11 is 0. The van der Waals surface area contributed by atoms with Crippen molar-refractivity contribution in [3.63, 3.8) is 0 Å². The standard InChI is InChI=1S/C19H23N3O6S/c1-3-13-20(14-4-2)29(27,28)18-11-9-16(10-12-18)21(19(23)24)15-5-7-17(8-6-15)22(25)26/h5-12H,3-4,13-14H2,1-2H3,(H,23,24). The molecule has 0 atom stereocenters. The molecule has 29 heavy (non-hydrogen) atoms. The Labute approximate surface area is 169 Å². The molecule has 0 saturated heterocycles. The molecule has 2 aromatic carbocycles. The zero-order valence-electron chi connectivity index (χ0n) is 16.2. The van der Waals surface area contributed by atoms with Crippen LogP contribution in [0.25, 0.3) is 0 Å². The average Bonchev–Trinajstić information content (AvgIpc) is 2.68. The molecule has 10 heteroatoms. The number of amides is 1. The van der Waals surface area contributed by atoms with Gasteiger partial charge in [-0.25, -0.2) is 18.1 Å². The van der Waals surface area contributed by atoms with Crippen molar-refractivity contribution in [1.29, 1.82) is 0 Å². The van der Waals surface area contributed by atoms with Crippen molar-refractivity contribution in [1.82, 2.24) is 4.31 Å². The van der Waals surface area contributed by atoms with Crippen LogP contribution in [-0.2, 0) is 10.0 Å². The Balaban J connectivity index is 2.37. The van der Waals surface area contributed by atoms with Crippen LogP contribution in [-0.4, -0.2) is 41.9 Å². The first-order chi connectivity index (χ1) is 13.7. The maximum atomic E-state index is 12.8. The van der Waals surface area contributed by atoms with E-state index in [1.54, 1.807) is 0 Å². The van der Waals surface area contributed by atoms with Crippen molar-refractivity contribution in [2.75, 3.05) is 18.0 Å². The minimum absolute atomic E-state index is 0.0807. The van der Waals surface area contributed by atoms with Gasteiger partial charge < -0.3 is 5.11 Å². The summed E-state index contributed by atoms with van der Waals surface area (Å²) in [7, 11) is -3.68. The highest BCUT2D eigenvalue weighted by atomic mass is 32.2. The van der Waals surface area contributed by atoms with Gasteiger partial charge in [-0.1, -0.05) is 13.8 Å². The predicted octanol–water partition coefficient (Wildman–Crippen LogP) is 4.22. The maximum absolute atomic E-state index is 12.8. The first-order valence-electron chi connectivity index (χ1n) is 9.10. The van der Waals surface area contributed by atoms with Crippen molar-refractivity contribution in [3.8, 4) is 0 Å². The second-order valence-electron chi connectivity index (χ2n) is 6.29. The van der Waals surface area contributed by atoms with Crippen LogP contribution in [0.1, 0.15) is 26.7 Å². The second-order valence-corrected chi connectivity index (χ2v) is 8.23. The summed E-state index contributed by atoms with van der Waals surface area (Å²) in [5.41, 5.74) is 0.271. The molecular formula is C19H23N3O6S. The molecule has 0 spiro atoms. The number of nitrogens with zero attached hydrogens (tertiary/aromatic N) is 3. The summed E-state index contributed by atoms with van der Waals surface area (Å²) in [6, 6.07) is 10.6. The zero-order valence-corrected chi connectivity index (χ0v) is 17.0. The Hall–Kier alpha value is -2.98. The number of carboxylic acid groups (broad SMARTS) is 1. The van der Waals surface area contributed by atoms with E-state index < -0.39 is 21.0 Å². The van der Waals surface area contributed by atoms with E-state index in [0.717, 1.165) is 4.90 Å². The molecule has 1 N–H and O–H groups in total. The van der Waals surface area contributed by atoms with Gasteiger partial charge in [0.15, 0.2) is 0 Å². The van der Waals surface area contributed by atoms with Gasteiger partial charge in [-0.15, -0.1) is 0 Å². The first-order valence-corrected chi connectivity index (χ1v) is 10.5. The molecule has 0 aliphatic rings. The fourth-order valence-electron chi connectivity index (χ4n) is 2.86. The number of hydrogen-bond donors (Lipinski definition) is 1. The zero-order chi connectivity index (χ0) is 21.6. The number of carbonyl (C=O) groups is 1. The fraction of sp³-hybridized carbons (Fsp3) is 0.316. The highest BCUT2D eigenvalue weighted by Gasteiger charge is 2.24. The van der Waals surface area contributed by atoms with Crippen LogP contribution in [0.2, 0.25) is 0 Å². The molecule has 156 valence electrons. The predicted molar refractivity (Wildman–Crippen MR) is 109 cm³/mol. The molecule has 0 aliphatic heterocycles. The number of hydrogen-bond acceptors (Lipinski definition) is 5. The van der Waals surface area contributed by atoms with E-state index in [0.29, 0.717) is 25.9 Å². The van der Waals surface area contributed by atoms with E-state index in [1.807, 2.05) is 13.8 Å².